The lowest BCUT2D eigenvalue weighted by Gasteiger charge is -2.10. The van der Waals surface area contributed by atoms with Crippen LogP contribution in [0.25, 0.3) is 0 Å². The van der Waals surface area contributed by atoms with Crippen molar-refractivity contribution in [1.82, 2.24) is 10.6 Å². The smallest absolute Gasteiger partial charge is 0.191 e. The van der Waals surface area contributed by atoms with Gasteiger partial charge >= 0.3 is 0 Å². The molecule has 0 aliphatic heterocycles. The van der Waals surface area contributed by atoms with E-state index in [0.717, 1.165) is 6.54 Å². The highest BCUT2D eigenvalue weighted by Gasteiger charge is 2.02. The number of nitrogens with zero attached hydrogens (tertiary/aromatic N) is 1. The normalized spacial score (nSPS) is 11.8. The summed E-state index contributed by atoms with van der Waals surface area (Å²) in [7, 11) is -2.93. The van der Waals surface area contributed by atoms with Gasteiger partial charge in [0.05, 0.1) is 18.9 Å². The molecular weight excluding hydrogens is 369 g/mol. The molecule has 0 aromatic carbocycles. The highest BCUT2D eigenvalue weighted by atomic mass is 127. The van der Waals surface area contributed by atoms with Crippen LogP contribution in [0, 0.1) is 0 Å². The molecule has 0 spiro atoms. The quantitative estimate of drug-likeness (QED) is 0.267. The molecule has 0 unspecified atom stereocenters. The molecule has 0 amide bonds. The maximum atomic E-state index is 10.9. The van der Waals surface area contributed by atoms with E-state index in [4.69, 9.17) is 4.74 Å². The van der Waals surface area contributed by atoms with E-state index in [-0.39, 0.29) is 29.7 Å². The van der Waals surface area contributed by atoms with E-state index in [1.165, 1.54) is 6.26 Å². The highest BCUT2D eigenvalue weighted by Crippen LogP contribution is 1.81. The number of sulfone groups is 1. The van der Waals surface area contributed by atoms with Gasteiger partial charge in [-0.15, -0.1) is 24.0 Å². The van der Waals surface area contributed by atoms with Gasteiger partial charge in [-0.05, 0) is 13.8 Å². The van der Waals surface area contributed by atoms with Crippen LogP contribution >= 0.6 is 24.0 Å². The standard InChI is InChI=1S/C10H23N3O3S.HI/c1-4-11-10(12-6-8-16-5-2)13-7-9-17(3,14)15;/h4-9H2,1-3H3,(H2,11,12,13);1H. The van der Waals surface area contributed by atoms with Crippen molar-refractivity contribution in [3.63, 3.8) is 0 Å². The molecule has 0 aliphatic carbocycles. The lowest BCUT2D eigenvalue weighted by Crippen LogP contribution is -2.39. The third-order valence-electron chi connectivity index (χ3n) is 1.82. The first-order chi connectivity index (χ1) is 7.99. The average Bonchev–Trinajstić information content (AvgIpc) is 2.22. The zero-order valence-electron chi connectivity index (χ0n) is 11.2. The van der Waals surface area contributed by atoms with E-state index in [1.807, 2.05) is 13.8 Å². The summed E-state index contributed by atoms with van der Waals surface area (Å²) in [6.07, 6.45) is 1.22. The first kappa shape index (κ1) is 20.2. The molecule has 0 fully saturated rings. The van der Waals surface area contributed by atoms with E-state index >= 15 is 0 Å². The minimum atomic E-state index is -2.93. The fourth-order valence-electron chi connectivity index (χ4n) is 1.06. The monoisotopic (exact) mass is 393 g/mol. The summed E-state index contributed by atoms with van der Waals surface area (Å²) >= 11 is 0. The second-order valence-corrected chi connectivity index (χ2v) is 5.77. The lowest BCUT2D eigenvalue weighted by molar-refractivity contribution is 0.155. The fourth-order valence-corrected chi connectivity index (χ4v) is 1.54. The highest BCUT2D eigenvalue weighted by molar-refractivity contribution is 14.0. The first-order valence-electron chi connectivity index (χ1n) is 5.77. The number of ether oxygens (including phenoxy) is 1. The number of aliphatic imine (C=N–C) groups is 1. The number of hydrogen-bond donors (Lipinski definition) is 2. The van der Waals surface area contributed by atoms with Crippen molar-refractivity contribution in [2.75, 3.05) is 44.9 Å². The van der Waals surface area contributed by atoms with Crippen LogP contribution in [0.3, 0.4) is 0 Å². The summed E-state index contributed by atoms with van der Waals surface area (Å²) in [4.78, 5) is 4.25. The minimum Gasteiger partial charge on any atom is -0.380 e. The minimum absolute atomic E-state index is 0. The maximum Gasteiger partial charge on any atom is 0.191 e. The van der Waals surface area contributed by atoms with Gasteiger partial charge < -0.3 is 15.4 Å². The van der Waals surface area contributed by atoms with E-state index in [0.29, 0.717) is 32.3 Å². The number of rotatable bonds is 8. The Morgan fingerprint density at radius 3 is 2.44 bits per heavy atom. The molecule has 110 valence electrons. The van der Waals surface area contributed by atoms with Gasteiger partial charge in [-0.3, -0.25) is 4.99 Å². The fraction of sp³-hybridized carbons (Fsp3) is 0.900. The molecule has 0 radical (unpaired) electrons. The van der Waals surface area contributed by atoms with E-state index < -0.39 is 9.84 Å². The van der Waals surface area contributed by atoms with Gasteiger partial charge in [0.25, 0.3) is 0 Å². The lowest BCUT2D eigenvalue weighted by atomic mass is 10.6. The van der Waals surface area contributed by atoms with Gasteiger partial charge in [0.15, 0.2) is 5.96 Å². The van der Waals surface area contributed by atoms with Crippen LogP contribution in [0.2, 0.25) is 0 Å². The van der Waals surface area contributed by atoms with Gasteiger partial charge in [0.2, 0.25) is 0 Å². The molecule has 18 heavy (non-hydrogen) atoms. The number of hydrogen-bond acceptors (Lipinski definition) is 4. The zero-order chi connectivity index (χ0) is 13.1. The van der Waals surface area contributed by atoms with Gasteiger partial charge in [-0.1, -0.05) is 0 Å². The van der Waals surface area contributed by atoms with Crippen LogP contribution in [0.1, 0.15) is 13.8 Å². The Labute approximate surface area is 127 Å². The number of halogens is 1. The Kier molecular flexibility index (Phi) is 13.5. The predicted molar refractivity (Wildman–Crippen MR) is 85.6 cm³/mol. The number of guanidine groups is 1. The summed E-state index contributed by atoms with van der Waals surface area (Å²) in [6.45, 7) is 6.78. The Morgan fingerprint density at radius 2 is 1.94 bits per heavy atom. The Bertz CT molecular complexity index is 320. The maximum absolute atomic E-state index is 10.9. The van der Waals surface area contributed by atoms with Gasteiger partial charge in [-0.2, -0.15) is 0 Å². The van der Waals surface area contributed by atoms with Crippen LogP contribution < -0.4 is 10.6 Å². The van der Waals surface area contributed by atoms with Crippen LogP contribution in [0.4, 0.5) is 0 Å². The molecule has 0 aromatic heterocycles. The predicted octanol–water partition coefficient (Wildman–Crippen LogP) is 0.241. The van der Waals surface area contributed by atoms with Crippen LogP contribution in [0.5, 0.6) is 0 Å². The molecule has 0 saturated heterocycles. The first-order valence-corrected chi connectivity index (χ1v) is 7.83. The van der Waals surface area contributed by atoms with E-state index in [9.17, 15) is 8.42 Å². The van der Waals surface area contributed by atoms with Crippen molar-refractivity contribution in [2.45, 2.75) is 13.8 Å². The summed E-state index contributed by atoms with van der Waals surface area (Å²) in [6, 6.07) is 0. The van der Waals surface area contributed by atoms with Gasteiger partial charge in [0.1, 0.15) is 9.84 Å². The molecule has 0 rings (SSSR count). The Morgan fingerprint density at radius 1 is 1.28 bits per heavy atom. The molecule has 0 saturated carbocycles. The van der Waals surface area contributed by atoms with Gasteiger partial charge in [-0.25, -0.2) is 8.42 Å². The zero-order valence-corrected chi connectivity index (χ0v) is 14.4. The van der Waals surface area contributed by atoms with E-state index in [2.05, 4.69) is 15.6 Å². The molecule has 0 aliphatic rings. The molecule has 0 heterocycles. The Balaban J connectivity index is 0. The molecule has 0 atom stereocenters. The topological polar surface area (TPSA) is 79.8 Å². The molecule has 0 aromatic rings. The second kappa shape index (κ2) is 12.0. The summed E-state index contributed by atoms with van der Waals surface area (Å²) in [5.41, 5.74) is 0. The van der Waals surface area contributed by atoms with Crippen molar-refractivity contribution in [3.05, 3.63) is 0 Å². The van der Waals surface area contributed by atoms with Crippen molar-refractivity contribution in [1.29, 1.82) is 0 Å². The molecule has 2 N–H and O–H groups in total. The molecular formula is C10H24IN3O3S. The third kappa shape index (κ3) is 14.0. The SMILES string of the molecule is CCNC(=NCCOCC)NCCS(C)(=O)=O.I. The van der Waals surface area contributed by atoms with Crippen molar-refractivity contribution < 1.29 is 13.2 Å². The summed E-state index contributed by atoms with van der Waals surface area (Å²) < 4.78 is 27.1. The van der Waals surface area contributed by atoms with E-state index in [1.54, 1.807) is 0 Å². The molecule has 6 nitrogen and oxygen atoms in total. The summed E-state index contributed by atoms with van der Waals surface area (Å²) in [5.74, 6) is 0.721. The van der Waals surface area contributed by atoms with Crippen molar-refractivity contribution in [3.8, 4) is 0 Å². The third-order valence-corrected chi connectivity index (χ3v) is 2.76. The molecule has 8 heteroatoms. The average molecular weight is 393 g/mol. The van der Waals surface area contributed by atoms with Gasteiger partial charge in [0, 0.05) is 26.0 Å². The number of nitrogens with one attached hydrogen (secondary N) is 2. The van der Waals surface area contributed by atoms with Crippen LogP contribution in [0.15, 0.2) is 4.99 Å². The molecule has 0 bridgehead atoms. The van der Waals surface area contributed by atoms with Crippen molar-refractivity contribution >= 4 is 39.8 Å². The summed E-state index contributed by atoms with van der Waals surface area (Å²) in [5, 5.41) is 5.99. The largest absolute Gasteiger partial charge is 0.380 e. The Hall–Kier alpha value is -0.0900. The van der Waals surface area contributed by atoms with Crippen LogP contribution in [-0.2, 0) is 14.6 Å². The van der Waals surface area contributed by atoms with Crippen LogP contribution in [-0.4, -0.2) is 59.2 Å². The van der Waals surface area contributed by atoms with Crippen molar-refractivity contribution in [2.24, 2.45) is 4.99 Å². The second-order valence-electron chi connectivity index (χ2n) is 3.51.